The standard InChI is InChI=1S/C19H25N5O7/c20-7-4-8-24(16(26)10-21-18(24)29)11-15(25)22-14(9-17(27)28)23-19(30)31-12-13-5-2-1-3-6-13/h1-3,5-6,14H,4,7-12,20H2,(H3-,21,22,23,25,27,28,29,30)/p+1. The lowest BCUT2D eigenvalue weighted by atomic mass is 10.2. The van der Waals surface area contributed by atoms with Crippen molar-refractivity contribution >= 4 is 29.9 Å². The molecule has 0 saturated carbocycles. The van der Waals surface area contributed by atoms with E-state index < -0.39 is 53.5 Å². The average molecular weight is 436 g/mol. The molecule has 1 saturated heterocycles. The minimum Gasteiger partial charge on any atom is -0.481 e. The number of carbonyl (C=O) groups is 5. The predicted molar refractivity (Wildman–Crippen MR) is 106 cm³/mol. The van der Waals surface area contributed by atoms with Gasteiger partial charge in [0.25, 0.3) is 5.91 Å². The van der Waals surface area contributed by atoms with Gasteiger partial charge in [-0.3, -0.25) is 14.9 Å². The van der Waals surface area contributed by atoms with Gasteiger partial charge in [0.05, 0.1) is 13.0 Å². The van der Waals surface area contributed by atoms with Crippen LogP contribution in [0.15, 0.2) is 30.3 Å². The first-order chi connectivity index (χ1) is 14.8. The molecule has 0 spiro atoms. The Morgan fingerprint density at radius 1 is 1.19 bits per heavy atom. The average Bonchev–Trinajstić information content (AvgIpc) is 2.99. The number of urea groups is 1. The van der Waals surface area contributed by atoms with Gasteiger partial charge in [-0.05, 0) is 12.1 Å². The molecule has 31 heavy (non-hydrogen) atoms. The summed E-state index contributed by atoms with van der Waals surface area (Å²) >= 11 is 0. The van der Waals surface area contributed by atoms with Crippen LogP contribution in [0.2, 0.25) is 0 Å². The summed E-state index contributed by atoms with van der Waals surface area (Å²) in [6.07, 6.45) is -2.54. The largest absolute Gasteiger partial charge is 0.481 e. The Hall–Kier alpha value is -3.51. The number of carbonyl (C=O) groups excluding carboxylic acids is 4. The van der Waals surface area contributed by atoms with Crippen LogP contribution in [-0.4, -0.2) is 71.8 Å². The second kappa shape index (κ2) is 11.0. The molecule has 2 atom stereocenters. The van der Waals surface area contributed by atoms with Gasteiger partial charge in [-0.15, -0.1) is 0 Å². The molecule has 0 bridgehead atoms. The lowest BCUT2D eigenvalue weighted by Crippen LogP contribution is -2.60. The van der Waals surface area contributed by atoms with E-state index in [1.807, 2.05) is 0 Å². The lowest BCUT2D eigenvalue weighted by Gasteiger charge is -2.27. The Balaban J connectivity index is 1.99. The molecule has 2 rings (SSSR count). The molecule has 0 radical (unpaired) electrons. The van der Waals surface area contributed by atoms with Gasteiger partial charge in [-0.25, -0.2) is 14.4 Å². The van der Waals surface area contributed by atoms with Crippen LogP contribution in [-0.2, 0) is 25.7 Å². The van der Waals surface area contributed by atoms with E-state index in [0.717, 1.165) is 5.56 Å². The SMILES string of the molecule is NCCC[N+]1(CC(=O)NC(CC(=O)O)NC(=O)OCc2ccccc2)C(=O)CNC1=O. The summed E-state index contributed by atoms with van der Waals surface area (Å²) in [4.78, 5) is 60.2. The number of imide groups is 1. The molecule has 168 valence electrons. The van der Waals surface area contributed by atoms with Crippen molar-refractivity contribution in [3.63, 3.8) is 0 Å². The summed E-state index contributed by atoms with van der Waals surface area (Å²) in [5.41, 5.74) is 6.19. The van der Waals surface area contributed by atoms with Crippen LogP contribution in [0.25, 0.3) is 0 Å². The normalized spacial score (nSPS) is 18.7. The Kier molecular flexibility index (Phi) is 8.46. The van der Waals surface area contributed by atoms with E-state index >= 15 is 0 Å². The molecule has 5 amide bonds. The van der Waals surface area contributed by atoms with Gasteiger partial charge in [-0.1, -0.05) is 30.3 Å². The van der Waals surface area contributed by atoms with Gasteiger partial charge < -0.3 is 26.2 Å². The second-order valence-electron chi connectivity index (χ2n) is 6.97. The zero-order chi connectivity index (χ0) is 22.9. The maximum absolute atomic E-state index is 12.5. The van der Waals surface area contributed by atoms with Crippen LogP contribution in [0, 0.1) is 0 Å². The van der Waals surface area contributed by atoms with Crippen LogP contribution >= 0.6 is 0 Å². The van der Waals surface area contributed by atoms with Gasteiger partial charge in [0.1, 0.15) is 19.3 Å². The monoisotopic (exact) mass is 436 g/mol. The van der Waals surface area contributed by atoms with Crippen molar-refractivity contribution in [2.75, 3.05) is 26.2 Å². The number of alkyl carbamates (subject to hydrolysis) is 1. The summed E-state index contributed by atoms with van der Waals surface area (Å²) in [5.74, 6) is -2.55. The molecule has 0 aliphatic carbocycles. The molecule has 1 aliphatic heterocycles. The second-order valence-corrected chi connectivity index (χ2v) is 6.97. The fraction of sp³-hybridized carbons (Fsp3) is 0.421. The van der Waals surface area contributed by atoms with E-state index in [2.05, 4.69) is 16.0 Å². The lowest BCUT2D eigenvalue weighted by molar-refractivity contribution is -0.759. The highest BCUT2D eigenvalue weighted by atomic mass is 16.5. The fourth-order valence-corrected chi connectivity index (χ4v) is 3.10. The maximum Gasteiger partial charge on any atom is 0.425 e. The molecule has 1 aromatic rings. The fourth-order valence-electron chi connectivity index (χ4n) is 3.10. The van der Waals surface area contributed by atoms with Gasteiger partial charge in [-0.2, -0.15) is 4.48 Å². The topological polar surface area (TPSA) is 177 Å². The maximum atomic E-state index is 12.5. The number of nitrogens with zero attached hydrogens (tertiary/aromatic N) is 1. The molecular weight excluding hydrogens is 410 g/mol. The van der Waals surface area contributed by atoms with E-state index in [1.165, 1.54) is 0 Å². The number of quaternary nitrogens is 1. The number of hydrogen-bond acceptors (Lipinski definition) is 7. The number of carboxylic acid groups (broad SMARTS) is 1. The minimum atomic E-state index is -1.30. The van der Waals surface area contributed by atoms with Crippen molar-refractivity contribution in [1.29, 1.82) is 0 Å². The minimum absolute atomic E-state index is 0.0325. The molecule has 12 heteroatoms. The quantitative estimate of drug-likeness (QED) is 0.171. The van der Waals surface area contributed by atoms with E-state index in [1.54, 1.807) is 30.3 Å². The molecule has 1 heterocycles. The van der Waals surface area contributed by atoms with Gasteiger partial charge in [0.15, 0.2) is 6.54 Å². The third-order valence-corrected chi connectivity index (χ3v) is 4.63. The highest BCUT2D eigenvalue weighted by Crippen LogP contribution is 2.15. The predicted octanol–water partition coefficient (Wildman–Crippen LogP) is -0.755. The number of benzene rings is 1. The summed E-state index contributed by atoms with van der Waals surface area (Å²) in [5, 5.41) is 16.1. The molecule has 1 aliphatic rings. The number of rotatable bonds is 11. The number of nitrogens with two attached hydrogens (primary N) is 1. The third-order valence-electron chi connectivity index (χ3n) is 4.63. The summed E-state index contributed by atoms with van der Waals surface area (Å²) in [6.45, 7) is -0.543. The van der Waals surface area contributed by atoms with Crippen molar-refractivity contribution in [3.8, 4) is 0 Å². The highest BCUT2D eigenvalue weighted by molar-refractivity contribution is 5.94. The zero-order valence-corrected chi connectivity index (χ0v) is 16.8. The van der Waals surface area contributed by atoms with E-state index in [9.17, 15) is 24.0 Å². The summed E-state index contributed by atoms with van der Waals surface area (Å²) in [7, 11) is 0. The van der Waals surface area contributed by atoms with Crippen LogP contribution in [0.5, 0.6) is 0 Å². The van der Waals surface area contributed by atoms with E-state index in [0.29, 0.717) is 6.42 Å². The number of aliphatic carboxylic acids is 1. The van der Waals surface area contributed by atoms with Crippen molar-refractivity contribution in [2.24, 2.45) is 5.73 Å². The summed E-state index contributed by atoms with van der Waals surface area (Å²) < 4.78 is 4.27. The smallest absolute Gasteiger partial charge is 0.425 e. The van der Waals surface area contributed by atoms with Crippen molar-refractivity contribution in [3.05, 3.63) is 35.9 Å². The van der Waals surface area contributed by atoms with Crippen LogP contribution in [0.1, 0.15) is 18.4 Å². The molecular formula is C19H26N5O7+. The number of amides is 5. The first-order valence-corrected chi connectivity index (χ1v) is 9.64. The Morgan fingerprint density at radius 3 is 2.48 bits per heavy atom. The molecule has 1 aromatic carbocycles. The Morgan fingerprint density at radius 2 is 1.90 bits per heavy atom. The Labute approximate surface area is 178 Å². The Bertz CT molecular complexity index is 814. The van der Waals surface area contributed by atoms with Gasteiger partial charge in [0.2, 0.25) is 0 Å². The van der Waals surface area contributed by atoms with Crippen LogP contribution in [0.3, 0.4) is 0 Å². The third kappa shape index (κ3) is 6.76. The van der Waals surface area contributed by atoms with E-state index in [-0.39, 0.29) is 26.2 Å². The van der Waals surface area contributed by atoms with E-state index in [4.69, 9.17) is 15.6 Å². The number of ether oxygens (including phenoxy) is 1. The van der Waals surface area contributed by atoms with Gasteiger partial charge >= 0.3 is 24.0 Å². The highest BCUT2D eigenvalue weighted by Gasteiger charge is 2.51. The van der Waals surface area contributed by atoms with Crippen molar-refractivity contribution < 1.29 is 38.3 Å². The zero-order valence-electron chi connectivity index (χ0n) is 16.8. The molecule has 6 N–H and O–H groups in total. The number of carboxylic acids is 1. The number of nitrogens with one attached hydrogen (secondary N) is 3. The van der Waals surface area contributed by atoms with Crippen LogP contribution in [0.4, 0.5) is 9.59 Å². The van der Waals surface area contributed by atoms with Crippen molar-refractivity contribution in [2.45, 2.75) is 25.6 Å². The molecule has 0 aromatic heterocycles. The van der Waals surface area contributed by atoms with Crippen molar-refractivity contribution in [1.82, 2.24) is 16.0 Å². The first kappa shape index (κ1) is 23.8. The number of hydrogen-bond donors (Lipinski definition) is 5. The molecule has 12 nitrogen and oxygen atoms in total. The summed E-state index contributed by atoms with van der Waals surface area (Å²) in [6, 6.07) is 8.19. The molecule has 2 unspecified atom stereocenters. The van der Waals surface area contributed by atoms with Crippen LogP contribution < -0.4 is 21.7 Å². The first-order valence-electron chi connectivity index (χ1n) is 9.64. The molecule has 1 fully saturated rings. The van der Waals surface area contributed by atoms with Gasteiger partial charge in [0, 0.05) is 6.42 Å².